The summed E-state index contributed by atoms with van der Waals surface area (Å²) in [6.45, 7) is 0.849. The van der Waals surface area contributed by atoms with Crippen molar-refractivity contribution in [2.24, 2.45) is 4.99 Å². The van der Waals surface area contributed by atoms with Crippen molar-refractivity contribution >= 4 is 38.7 Å². The fraction of sp³-hybridized carbons (Fsp3) is 0.161. The van der Waals surface area contributed by atoms with Crippen molar-refractivity contribution in [3.63, 3.8) is 0 Å². The molecular weight excluding hydrogens is 508 g/mol. The van der Waals surface area contributed by atoms with Gasteiger partial charge in [-0.1, -0.05) is 66.7 Å². The third kappa shape index (κ3) is 5.62. The van der Waals surface area contributed by atoms with E-state index in [1.807, 2.05) is 73.6 Å². The van der Waals surface area contributed by atoms with Gasteiger partial charge in [0, 0.05) is 18.8 Å². The van der Waals surface area contributed by atoms with Gasteiger partial charge in [0.2, 0.25) is 5.91 Å². The SMILES string of the molecule is CN(C)CCN(c1ccc(N=C(c2ccccc2)C2C(=O)Nc3ccccc32)cc1)S(=O)(=O)c1ccccc1. The molecule has 4 aromatic carbocycles. The summed E-state index contributed by atoms with van der Waals surface area (Å²) in [6, 6.07) is 32.8. The highest BCUT2D eigenvalue weighted by atomic mass is 32.2. The minimum Gasteiger partial charge on any atom is -0.325 e. The molecule has 198 valence electrons. The lowest BCUT2D eigenvalue weighted by molar-refractivity contribution is -0.115. The van der Waals surface area contributed by atoms with Gasteiger partial charge in [0.25, 0.3) is 10.0 Å². The number of carbonyl (C=O) groups is 1. The van der Waals surface area contributed by atoms with E-state index in [1.54, 1.807) is 54.6 Å². The van der Waals surface area contributed by atoms with Crippen molar-refractivity contribution in [1.29, 1.82) is 0 Å². The summed E-state index contributed by atoms with van der Waals surface area (Å²) in [6.07, 6.45) is 0. The first-order chi connectivity index (χ1) is 18.8. The zero-order valence-corrected chi connectivity index (χ0v) is 22.7. The number of aliphatic imine (C=N–C) groups is 1. The van der Waals surface area contributed by atoms with Gasteiger partial charge in [-0.3, -0.25) is 14.1 Å². The van der Waals surface area contributed by atoms with Crippen LogP contribution in [0, 0.1) is 0 Å². The lowest BCUT2D eigenvalue weighted by Gasteiger charge is -2.26. The largest absolute Gasteiger partial charge is 0.325 e. The zero-order chi connectivity index (χ0) is 27.4. The monoisotopic (exact) mass is 538 g/mol. The summed E-state index contributed by atoms with van der Waals surface area (Å²) in [4.78, 5) is 20.2. The first kappa shape index (κ1) is 26.3. The van der Waals surface area contributed by atoms with E-state index >= 15 is 0 Å². The Morgan fingerprint density at radius 1 is 0.795 bits per heavy atom. The smallest absolute Gasteiger partial charge is 0.264 e. The van der Waals surface area contributed by atoms with Gasteiger partial charge in [-0.25, -0.2) is 8.42 Å². The summed E-state index contributed by atoms with van der Waals surface area (Å²) in [5.41, 5.74) is 4.31. The number of nitrogens with one attached hydrogen (secondary N) is 1. The number of likely N-dealkylation sites (N-methyl/N-ethyl adjacent to an activating group) is 1. The standard InChI is InChI=1S/C31H30N4O3S/c1-34(2)21-22-35(39(37,38)26-13-7-4-8-14-26)25-19-17-24(18-20-25)32-30(23-11-5-3-6-12-23)29-27-15-9-10-16-28(27)33-31(29)36/h3-20,29H,21-22H2,1-2H3,(H,33,36). The fourth-order valence-corrected chi connectivity index (χ4v) is 6.09. The lowest BCUT2D eigenvalue weighted by Crippen LogP contribution is -2.36. The predicted molar refractivity (Wildman–Crippen MR) is 156 cm³/mol. The van der Waals surface area contributed by atoms with Crippen molar-refractivity contribution in [2.45, 2.75) is 10.8 Å². The van der Waals surface area contributed by atoms with Gasteiger partial charge in [0.1, 0.15) is 5.92 Å². The highest BCUT2D eigenvalue weighted by Crippen LogP contribution is 2.36. The molecule has 5 rings (SSSR count). The number of hydrogen-bond donors (Lipinski definition) is 1. The van der Waals surface area contributed by atoms with Crippen molar-refractivity contribution in [2.75, 3.05) is 36.8 Å². The van der Waals surface area contributed by atoms with Crippen LogP contribution in [0.2, 0.25) is 0 Å². The summed E-state index contributed by atoms with van der Waals surface area (Å²) < 4.78 is 28.5. The number of hydrogen-bond acceptors (Lipinski definition) is 5. The van der Waals surface area contributed by atoms with E-state index in [9.17, 15) is 13.2 Å². The quantitative estimate of drug-likeness (QED) is 0.293. The number of fused-ring (bicyclic) bond motifs is 1. The second-order valence-electron chi connectivity index (χ2n) is 9.58. The Kier molecular flexibility index (Phi) is 7.58. The molecule has 39 heavy (non-hydrogen) atoms. The van der Waals surface area contributed by atoms with Crippen LogP contribution in [0.4, 0.5) is 17.1 Å². The molecule has 0 saturated carbocycles. The van der Waals surface area contributed by atoms with Crippen LogP contribution in [-0.2, 0) is 14.8 Å². The minimum atomic E-state index is -3.76. The molecule has 0 aliphatic carbocycles. The van der Waals surface area contributed by atoms with Crippen molar-refractivity contribution in [3.05, 3.63) is 120 Å². The molecule has 7 nitrogen and oxygen atoms in total. The summed E-state index contributed by atoms with van der Waals surface area (Å²) >= 11 is 0. The van der Waals surface area contributed by atoms with Crippen LogP contribution < -0.4 is 9.62 Å². The molecule has 0 aromatic heterocycles. The van der Waals surface area contributed by atoms with Crippen LogP contribution in [-0.4, -0.2) is 52.1 Å². The van der Waals surface area contributed by atoms with Crippen LogP contribution >= 0.6 is 0 Å². The number of anilines is 2. The predicted octanol–water partition coefficient (Wildman–Crippen LogP) is 5.30. The van der Waals surface area contributed by atoms with Crippen molar-refractivity contribution in [3.8, 4) is 0 Å². The molecule has 1 heterocycles. The van der Waals surface area contributed by atoms with Crippen LogP contribution in [0.15, 0.2) is 119 Å². The molecule has 1 atom stereocenters. The molecule has 8 heteroatoms. The minimum absolute atomic E-state index is 0.126. The van der Waals surface area contributed by atoms with Crippen LogP contribution in [0.3, 0.4) is 0 Å². The second-order valence-corrected chi connectivity index (χ2v) is 11.4. The Morgan fingerprint density at radius 3 is 2.08 bits per heavy atom. The van der Waals surface area contributed by atoms with E-state index in [0.29, 0.717) is 30.2 Å². The van der Waals surface area contributed by atoms with E-state index in [1.165, 1.54) is 4.31 Å². The number of rotatable bonds is 9. The van der Waals surface area contributed by atoms with E-state index in [0.717, 1.165) is 16.8 Å². The average molecular weight is 539 g/mol. The van der Waals surface area contributed by atoms with Gasteiger partial charge in [0.05, 0.1) is 22.0 Å². The van der Waals surface area contributed by atoms with Crippen LogP contribution in [0.5, 0.6) is 0 Å². The molecule has 0 saturated heterocycles. The zero-order valence-electron chi connectivity index (χ0n) is 21.9. The Morgan fingerprint density at radius 2 is 1.41 bits per heavy atom. The summed E-state index contributed by atoms with van der Waals surface area (Å²) in [5, 5.41) is 2.97. The molecule has 0 radical (unpaired) electrons. The molecule has 1 unspecified atom stereocenters. The van der Waals surface area contributed by atoms with Gasteiger partial charge in [-0.15, -0.1) is 0 Å². The molecule has 0 spiro atoms. The topological polar surface area (TPSA) is 82.1 Å². The third-order valence-corrected chi connectivity index (χ3v) is 8.45. The Hall–Kier alpha value is -4.27. The van der Waals surface area contributed by atoms with E-state index < -0.39 is 15.9 Å². The Bertz CT molecular complexity index is 1590. The van der Waals surface area contributed by atoms with Gasteiger partial charge in [-0.05, 0) is 67.7 Å². The number of para-hydroxylation sites is 1. The molecule has 4 aromatic rings. The van der Waals surface area contributed by atoms with Gasteiger partial charge >= 0.3 is 0 Å². The maximum atomic E-state index is 13.6. The van der Waals surface area contributed by atoms with Gasteiger partial charge in [-0.2, -0.15) is 0 Å². The number of benzene rings is 4. The number of carbonyl (C=O) groups excluding carboxylic acids is 1. The number of nitrogens with zero attached hydrogens (tertiary/aromatic N) is 3. The third-order valence-electron chi connectivity index (χ3n) is 6.60. The maximum Gasteiger partial charge on any atom is 0.264 e. The molecule has 1 aliphatic heterocycles. The fourth-order valence-electron chi connectivity index (χ4n) is 4.62. The molecule has 0 fully saturated rings. The molecule has 1 N–H and O–H groups in total. The second kappa shape index (κ2) is 11.2. The van der Waals surface area contributed by atoms with E-state index in [2.05, 4.69) is 5.32 Å². The summed E-state index contributed by atoms with van der Waals surface area (Å²) in [5.74, 6) is -0.683. The first-order valence-electron chi connectivity index (χ1n) is 12.7. The number of amides is 1. The lowest BCUT2D eigenvalue weighted by atomic mass is 9.90. The highest BCUT2D eigenvalue weighted by molar-refractivity contribution is 7.92. The molecule has 1 aliphatic rings. The van der Waals surface area contributed by atoms with Crippen molar-refractivity contribution in [1.82, 2.24) is 4.90 Å². The molecule has 0 bridgehead atoms. The average Bonchev–Trinajstić information content (AvgIpc) is 3.28. The van der Waals surface area contributed by atoms with E-state index in [4.69, 9.17) is 4.99 Å². The number of sulfonamides is 1. The molecule has 1 amide bonds. The maximum absolute atomic E-state index is 13.6. The van der Waals surface area contributed by atoms with E-state index in [-0.39, 0.29) is 10.8 Å². The van der Waals surface area contributed by atoms with Crippen LogP contribution in [0.1, 0.15) is 17.0 Å². The Labute approximate surface area is 229 Å². The normalized spacial score (nSPS) is 15.2. The highest BCUT2D eigenvalue weighted by Gasteiger charge is 2.35. The van der Waals surface area contributed by atoms with Gasteiger partial charge < -0.3 is 10.2 Å². The summed E-state index contributed by atoms with van der Waals surface area (Å²) in [7, 11) is 0.0560. The first-order valence-corrected chi connectivity index (χ1v) is 14.1. The molecular formula is C31H30N4O3S. The van der Waals surface area contributed by atoms with Crippen molar-refractivity contribution < 1.29 is 13.2 Å². The Balaban J connectivity index is 1.53. The van der Waals surface area contributed by atoms with Crippen LogP contribution in [0.25, 0.3) is 0 Å². The van der Waals surface area contributed by atoms with Gasteiger partial charge in [0.15, 0.2) is 0 Å².